The van der Waals surface area contributed by atoms with Crippen LogP contribution in [0.2, 0.25) is 0 Å². The van der Waals surface area contributed by atoms with Crippen molar-refractivity contribution in [3.05, 3.63) is 65.7 Å². The van der Waals surface area contributed by atoms with Gasteiger partial charge < -0.3 is 16.0 Å². The van der Waals surface area contributed by atoms with Gasteiger partial charge in [-0.25, -0.2) is 0 Å². The summed E-state index contributed by atoms with van der Waals surface area (Å²) < 4.78 is 0. The van der Waals surface area contributed by atoms with Gasteiger partial charge in [0.15, 0.2) is 0 Å². The minimum Gasteiger partial charge on any atom is -0.399 e. The molecule has 2 amide bonds. The second-order valence-electron chi connectivity index (χ2n) is 6.64. The minimum absolute atomic E-state index is 0. The Bertz CT molecular complexity index is 750. The molecule has 3 N–H and O–H groups in total. The number of nitrogens with two attached hydrogens (primary N) is 1. The molecule has 0 radical (unpaired) electrons. The molecule has 27 heavy (non-hydrogen) atoms. The number of piperidine rings is 1. The van der Waals surface area contributed by atoms with E-state index < -0.39 is 6.04 Å². The van der Waals surface area contributed by atoms with Gasteiger partial charge in [-0.1, -0.05) is 42.5 Å². The summed E-state index contributed by atoms with van der Waals surface area (Å²) in [6, 6.07) is 16.6. The van der Waals surface area contributed by atoms with Gasteiger partial charge in [0.25, 0.3) is 0 Å². The van der Waals surface area contributed by atoms with Crippen molar-refractivity contribution < 1.29 is 9.59 Å². The molecule has 0 aromatic heterocycles. The zero-order valence-electron chi connectivity index (χ0n) is 15.3. The number of amides is 2. The fourth-order valence-corrected chi connectivity index (χ4v) is 3.32. The maximum absolute atomic E-state index is 12.9. The Morgan fingerprint density at radius 1 is 1.07 bits per heavy atom. The highest BCUT2D eigenvalue weighted by molar-refractivity contribution is 5.89. The molecule has 1 fully saturated rings. The predicted molar refractivity (Wildman–Crippen MR) is 110 cm³/mol. The molecule has 1 heterocycles. The normalized spacial score (nSPS) is 15.0. The molecule has 144 valence electrons. The number of benzene rings is 2. The SMILES string of the molecule is Cl.Nc1ccc(CCNC(=O)C(c2ccccc2)N2CCCCC2=O)cc1. The van der Waals surface area contributed by atoms with Crippen LogP contribution in [-0.4, -0.2) is 29.8 Å². The fraction of sp³-hybridized carbons (Fsp3) is 0.333. The number of carbonyl (C=O) groups excluding carboxylic acids is 2. The Hall–Kier alpha value is -2.53. The Morgan fingerprint density at radius 3 is 2.44 bits per heavy atom. The summed E-state index contributed by atoms with van der Waals surface area (Å²) in [6.45, 7) is 1.15. The van der Waals surface area contributed by atoms with Crippen molar-refractivity contribution >= 4 is 29.9 Å². The number of nitrogens with one attached hydrogen (secondary N) is 1. The second-order valence-corrected chi connectivity index (χ2v) is 6.64. The highest BCUT2D eigenvalue weighted by atomic mass is 35.5. The summed E-state index contributed by atoms with van der Waals surface area (Å²) in [6.07, 6.45) is 3.08. The number of anilines is 1. The minimum atomic E-state index is -0.560. The van der Waals surface area contributed by atoms with E-state index in [-0.39, 0.29) is 24.2 Å². The molecule has 5 nitrogen and oxygen atoms in total. The number of hydrogen-bond donors (Lipinski definition) is 2. The number of hydrogen-bond acceptors (Lipinski definition) is 3. The molecule has 2 aromatic carbocycles. The van der Waals surface area contributed by atoms with Crippen molar-refractivity contribution in [1.82, 2.24) is 10.2 Å². The predicted octanol–water partition coefficient (Wildman–Crippen LogP) is 3.10. The van der Waals surface area contributed by atoms with E-state index in [9.17, 15) is 9.59 Å². The lowest BCUT2D eigenvalue weighted by molar-refractivity contribution is -0.142. The van der Waals surface area contributed by atoms with Crippen LogP contribution < -0.4 is 11.1 Å². The van der Waals surface area contributed by atoms with E-state index in [2.05, 4.69) is 5.32 Å². The number of likely N-dealkylation sites (tertiary alicyclic amines) is 1. The third kappa shape index (κ3) is 5.47. The molecule has 3 rings (SSSR count). The van der Waals surface area contributed by atoms with Gasteiger partial charge in [-0.05, 0) is 42.5 Å². The summed E-state index contributed by atoms with van der Waals surface area (Å²) >= 11 is 0. The first-order chi connectivity index (χ1) is 12.6. The van der Waals surface area contributed by atoms with Crippen LogP contribution in [0.3, 0.4) is 0 Å². The Morgan fingerprint density at radius 2 is 1.78 bits per heavy atom. The Labute approximate surface area is 166 Å². The van der Waals surface area contributed by atoms with Crippen LogP contribution in [0.5, 0.6) is 0 Å². The van der Waals surface area contributed by atoms with Crippen LogP contribution in [0.15, 0.2) is 54.6 Å². The molecule has 1 saturated heterocycles. The highest BCUT2D eigenvalue weighted by Gasteiger charge is 2.32. The molecule has 1 unspecified atom stereocenters. The largest absolute Gasteiger partial charge is 0.399 e. The van der Waals surface area contributed by atoms with Gasteiger partial charge in [0.2, 0.25) is 11.8 Å². The molecular weight excluding hydrogens is 362 g/mol. The molecule has 1 atom stereocenters. The molecule has 0 bridgehead atoms. The van der Waals surface area contributed by atoms with Crippen LogP contribution in [-0.2, 0) is 16.0 Å². The van der Waals surface area contributed by atoms with E-state index >= 15 is 0 Å². The van der Waals surface area contributed by atoms with E-state index in [1.807, 2.05) is 54.6 Å². The molecule has 1 aliphatic heterocycles. The van der Waals surface area contributed by atoms with Crippen LogP contribution in [0.1, 0.15) is 36.4 Å². The van der Waals surface area contributed by atoms with Crippen molar-refractivity contribution in [2.75, 3.05) is 18.8 Å². The highest BCUT2D eigenvalue weighted by Crippen LogP contribution is 2.25. The van der Waals surface area contributed by atoms with Gasteiger partial charge in [-0.3, -0.25) is 9.59 Å². The lowest BCUT2D eigenvalue weighted by Gasteiger charge is -2.34. The van der Waals surface area contributed by atoms with Gasteiger partial charge in [-0.15, -0.1) is 12.4 Å². The van der Waals surface area contributed by atoms with Crippen molar-refractivity contribution in [2.45, 2.75) is 31.7 Å². The maximum atomic E-state index is 12.9. The summed E-state index contributed by atoms with van der Waals surface area (Å²) in [5.41, 5.74) is 8.39. The smallest absolute Gasteiger partial charge is 0.247 e. The molecule has 6 heteroatoms. The maximum Gasteiger partial charge on any atom is 0.247 e. The van der Waals surface area contributed by atoms with Crippen LogP contribution in [0.25, 0.3) is 0 Å². The fourth-order valence-electron chi connectivity index (χ4n) is 3.32. The van der Waals surface area contributed by atoms with E-state index in [0.29, 0.717) is 19.5 Å². The van der Waals surface area contributed by atoms with E-state index in [0.717, 1.165) is 36.1 Å². The standard InChI is InChI=1S/C21H25N3O2.ClH/c22-18-11-9-16(10-12-18)13-14-23-21(26)20(17-6-2-1-3-7-17)24-15-5-4-8-19(24)25;/h1-3,6-7,9-12,20H,4-5,8,13-15,22H2,(H,23,26);1H. The van der Waals surface area contributed by atoms with E-state index in [4.69, 9.17) is 5.73 Å². The summed E-state index contributed by atoms with van der Waals surface area (Å²) in [4.78, 5) is 27.0. The number of halogens is 1. The Balaban J connectivity index is 0.00000261. The lowest BCUT2D eigenvalue weighted by Crippen LogP contribution is -2.46. The van der Waals surface area contributed by atoms with Crippen LogP contribution >= 0.6 is 12.4 Å². The number of carbonyl (C=O) groups is 2. The summed E-state index contributed by atoms with van der Waals surface area (Å²) in [5.74, 6) is -0.0688. The number of nitrogens with zero attached hydrogens (tertiary/aromatic N) is 1. The van der Waals surface area contributed by atoms with Gasteiger partial charge >= 0.3 is 0 Å². The molecule has 1 aliphatic rings. The third-order valence-electron chi connectivity index (χ3n) is 4.73. The van der Waals surface area contributed by atoms with E-state index in [1.165, 1.54) is 0 Å². The van der Waals surface area contributed by atoms with Gasteiger partial charge in [0.1, 0.15) is 6.04 Å². The number of nitrogen functional groups attached to an aromatic ring is 1. The quantitative estimate of drug-likeness (QED) is 0.748. The molecule has 0 saturated carbocycles. The monoisotopic (exact) mass is 387 g/mol. The first-order valence-electron chi connectivity index (χ1n) is 9.12. The van der Waals surface area contributed by atoms with Crippen molar-refractivity contribution in [1.29, 1.82) is 0 Å². The molecule has 0 aliphatic carbocycles. The summed E-state index contributed by atoms with van der Waals surface area (Å²) in [5, 5.41) is 3.00. The van der Waals surface area contributed by atoms with Crippen molar-refractivity contribution in [2.24, 2.45) is 0 Å². The van der Waals surface area contributed by atoms with Gasteiger partial charge in [0, 0.05) is 25.2 Å². The molecular formula is C21H26ClN3O2. The molecule has 0 spiro atoms. The van der Waals surface area contributed by atoms with Crippen LogP contribution in [0.4, 0.5) is 5.69 Å². The molecule has 2 aromatic rings. The lowest BCUT2D eigenvalue weighted by atomic mass is 10.0. The summed E-state index contributed by atoms with van der Waals surface area (Å²) in [7, 11) is 0. The average Bonchev–Trinajstić information content (AvgIpc) is 2.66. The number of rotatable bonds is 6. The Kier molecular flexibility index (Phi) is 7.67. The zero-order chi connectivity index (χ0) is 18.4. The topological polar surface area (TPSA) is 75.4 Å². The average molecular weight is 388 g/mol. The van der Waals surface area contributed by atoms with Gasteiger partial charge in [-0.2, -0.15) is 0 Å². The van der Waals surface area contributed by atoms with Gasteiger partial charge in [0.05, 0.1) is 0 Å². The second kappa shape index (κ2) is 9.97. The zero-order valence-corrected chi connectivity index (χ0v) is 16.1. The van der Waals surface area contributed by atoms with E-state index in [1.54, 1.807) is 4.90 Å². The van der Waals surface area contributed by atoms with Crippen molar-refractivity contribution in [3.8, 4) is 0 Å². The first-order valence-corrected chi connectivity index (χ1v) is 9.12. The van der Waals surface area contributed by atoms with Crippen LogP contribution in [0, 0.1) is 0 Å². The van der Waals surface area contributed by atoms with Crippen molar-refractivity contribution in [3.63, 3.8) is 0 Å². The first kappa shape index (κ1) is 20.8. The third-order valence-corrected chi connectivity index (χ3v) is 4.73.